The maximum Gasteiger partial charge on any atom is 0.319 e. The first kappa shape index (κ1) is 13.4. The summed E-state index contributed by atoms with van der Waals surface area (Å²) >= 11 is 5.99. The van der Waals surface area contributed by atoms with Gasteiger partial charge in [-0.25, -0.2) is 9.78 Å². The number of halogens is 1. The van der Waals surface area contributed by atoms with Gasteiger partial charge in [0, 0.05) is 36.1 Å². The Kier molecular flexibility index (Phi) is 4.41. The van der Waals surface area contributed by atoms with Gasteiger partial charge in [-0.15, -0.1) is 0 Å². The van der Waals surface area contributed by atoms with Crippen LogP contribution in [0, 0.1) is 6.92 Å². The van der Waals surface area contributed by atoms with Gasteiger partial charge in [0.2, 0.25) is 0 Å². The number of urea groups is 1. The lowest BCUT2D eigenvalue weighted by atomic mass is 10.2. The number of H-pyrrole nitrogens is 1. The van der Waals surface area contributed by atoms with Crippen LogP contribution in [-0.2, 0) is 6.42 Å². The van der Waals surface area contributed by atoms with E-state index in [0.29, 0.717) is 23.7 Å². The molecule has 0 unspecified atom stereocenters. The van der Waals surface area contributed by atoms with Crippen LogP contribution in [0.5, 0.6) is 0 Å². The number of benzene rings is 1. The van der Waals surface area contributed by atoms with Gasteiger partial charge in [-0.05, 0) is 24.6 Å². The van der Waals surface area contributed by atoms with E-state index < -0.39 is 0 Å². The highest BCUT2D eigenvalue weighted by atomic mass is 35.5. The third kappa shape index (κ3) is 3.99. The second-order valence-electron chi connectivity index (χ2n) is 4.13. The number of aryl methyl sites for hydroxylation is 1. The Morgan fingerprint density at radius 2 is 2.32 bits per heavy atom. The molecular weight excluding hydrogens is 264 g/mol. The summed E-state index contributed by atoms with van der Waals surface area (Å²) in [6, 6.07) is 5.14. The number of anilines is 1. The minimum absolute atomic E-state index is 0.258. The number of aromatic amines is 1. The third-order valence-corrected chi connectivity index (χ3v) is 3.04. The molecule has 100 valence electrons. The van der Waals surface area contributed by atoms with E-state index in [2.05, 4.69) is 20.6 Å². The highest BCUT2D eigenvalue weighted by molar-refractivity contribution is 6.31. The molecule has 5 nitrogen and oxygen atoms in total. The number of aromatic nitrogens is 2. The summed E-state index contributed by atoms with van der Waals surface area (Å²) in [5.41, 5.74) is 1.65. The van der Waals surface area contributed by atoms with Crippen LogP contribution in [0.1, 0.15) is 11.4 Å². The molecule has 0 atom stereocenters. The van der Waals surface area contributed by atoms with Crippen LogP contribution in [0.25, 0.3) is 0 Å². The summed E-state index contributed by atoms with van der Waals surface area (Å²) in [6.45, 7) is 2.43. The van der Waals surface area contributed by atoms with Crippen molar-refractivity contribution in [2.45, 2.75) is 13.3 Å². The van der Waals surface area contributed by atoms with Gasteiger partial charge in [0.15, 0.2) is 0 Å². The quantitative estimate of drug-likeness (QED) is 0.805. The average molecular weight is 279 g/mol. The smallest absolute Gasteiger partial charge is 0.319 e. The first-order valence-corrected chi connectivity index (χ1v) is 6.32. The number of hydrogen-bond acceptors (Lipinski definition) is 2. The first-order chi connectivity index (χ1) is 9.15. The lowest BCUT2D eigenvalue weighted by molar-refractivity contribution is 0.252. The lowest BCUT2D eigenvalue weighted by Gasteiger charge is -2.08. The molecule has 2 rings (SSSR count). The van der Waals surface area contributed by atoms with Crippen molar-refractivity contribution in [1.82, 2.24) is 15.3 Å². The van der Waals surface area contributed by atoms with E-state index in [1.807, 2.05) is 19.1 Å². The van der Waals surface area contributed by atoms with Gasteiger partial charge in [-0.2, -0.15) is 0 Å². The SMILES string of the molecule is Cc1ccc(NC(=O)NCCc2ncc[nH]2)cc1Cl. The monoisotopic (exact) mass is 278 g/mol. The Hall–Kier alpha value is -2.01. The van der Waals surface area contributed by atoms with Crippen LogP contribution >= 0.6 is 11.6 Å². The largest absolute Gasteiger partial charge is 0.349 e. The Morgan fingerprint density at radius 1 is 1.47 bits per heavy atom. The summed E-state index contributed by atoms with van der Waals surface area (Å²) in [5, 5.41) is 6.11. The molecule has 6 heteroatoms. The van der Waals surface area contributed by atoms with Crippen molar-refractivity contribution in [3.63, 3.8) is 0 Å². The van der Waals surface area contributed by atoms with Crippen molar-refractivity contribution < 1.29 is 4.79 Å². The van der Waals surface area contributed by atoms with E-state index in [-0.39, 0.29) is 6.03 Å². The zero-order valence-electron chi connectivity index (χ0n) is 10.5. The van der Waals surface area contributed by atoms with E-state index in [1.165, 1.54) is 0 Å². The zero-order chi connectivity index (χ0) is 13.7. The van der Waals surface area contributed by atoms with Gasteiger partial charge < -0.3 is 15.6 Å². The van der Waals surface area contributed by atoms with Crippen LogP contribution in [0.3, 0.4) is 0 Å². The number of carbonyl (C=O) groups is 1. The summed E-state index contributed by atoms with van der Waals surface area (Å²) < 4.78 is 0. The minimum atomic E-state index is -0.258. The lowest BCUT2D eigenvalue weighted by Crippen LogP contribution is -2.30. The molecule has 3 N–H and O–H groups in total. The van der Waals surface area contributed by atoms with Gasteiger partial charge >= 0.3 is 6.03 Å². The Morgan fingerprint density at radius 3 is 3.00 bits per heavy atom. The fourth-order valence-corrected chi connectivity index (χ4v) is 1.76. The fourth-order valence-electron chi connectivity index (χ4n) is 1.58. The van der Waals surface area contributed by atoms with Crippen LogP contribution in [0.4, 0.5) is 10.5 Å². The normalized spacial score (nSPS) is 10.2. The molecule has 0 aliphatic rings. The van der Waals surface area contributed by atoms with E-state index in [9.17, 15) is 4.79 Å². The van der Waals surface area contributed by atoms with Crippen LogP contribution in [0.15, 0.2) is 30.6 Å². The molecule has 0 aliphatic carbocycles. The zero-order valence-corrected chi connectivity index (χ0v) is 11.3. The molecule has 1 aromatic heterocycles. The Bertz CT molecular complexity index is 554. The topological polar surface area (TPSA) is 69.8 Å². The van der Waals surface area contributed by atoms with Gasteiger partial charge in [-0.3, -0.25) is 0 Å². The summed E-state index contributed by atoms with van der Waals surface area (Å²) in [7, 11) is 0. The molecule has 19 heavy (non-hydrogen) atoms. The summed E-state index contributed by atoms with van der Waals surface area (Å²) in [5.74, 6) is 0.846. The highest BCUT2D eigenvalue weighted by Crippen LogP contribution is 2.19. The van der Waals surface area contributed by atoms with Crippen LogP contribution in [-0.4, -0.2) is 22.5 Å². The van der Waals surface area contributed by atoms with Gasteiger partial charge in [0.1, 0.15) is 5.82 Å². The number of carbonyl (C=O) groups excluding carboxylic acids is 1. The number of nitrogens with one attached hydrogen (secondary N) is 3. The average Bonchev–Trinajstić information content (AvgIpc) is 2.87. The molecule has 1 aromatic carbocycles. The van der Waals surface area contributed by atoms with Crippen molar-refractivity contribution in [2.24, 2.45) is 0 Å². The van der Waals surface area contributed by atoms with Crippen molar-refractivity contribution in [2.75, 3.05) is 11.9 Å². The predicted molar refractivity (Wildman–Crippen MR) is 75.5 cm³/mol. The Balaban J connectivity index is 1.79. The molecule has 0 bridgehead atoms. The maximum atomic E-state index is 11.6. The van der Waals surface area contributed by atoms with E-state index >= 15 is 0 Å². The minimum Gasteiger partial charge on any atom is -0.349 e. The second-order valence-corrected chi connectivity index (χ2v) is 4.54. The van der Waals surface area contributed by atoms with Crippen molar-refractivity contribution >= 4 is 23.3 Å². The number of imidazole rings is 1. The first-order valence-electron chi connectivity index (χ1n) is 5.94. The molecule has 0 radical (unpaired) electrons. The summed E-state index contributed by atoms with van der Waals surface area (Å²) in [4.78, 5) is 18.7. The van der Waals surface area contributed by atoms with E-state index in [1.54, 1.807) is 18.5 Å². The van der Waals surface area contributed by atoms with Crippen LogP contribution in [0.2, 0.25) is 5.02 Å². The molecule has 0 aliphatic heterocycles. The molecule has 0 saturated carbocycles. The molecule has 2 amide bonds. The number of hydrogen-bond donors (Lipinski definition) is 3. The number of amides is 2. The molecule has 0 fully saturated rings. The molecular formula is C13H15ClN4O. The third-order valence-electron chi connectivity index (χ3n) is 2.63. The molecule has 2 aromatic rings. The molecule has 0 saturated heterocycles. The van der Waals surface area contributed by atoms with Gasteiger partial charge in [-0.1, -0.05) is 17.7 Å². The number of rotatable bonds is 4. The van der Waals surface area contributed by atoms with E-state index in [0.717, 1.165) is 11.4 Å². The standard InChI is InChI=1S/C13H15ClN4O/c1-9-2-3-10(8-11(9)14)18-13(19)17-5-4-12-15-6-7-16-12/h2-3,6-8H,4-5H2,1H3,(H,15,16)(H2,17,18,19). The van der Waals surface area contributed by atoms with E-state index in [4.69, 9.17) is 11.6 Å². The summed E-state index contributed by atoms with van der Waals surface area (Å²) in [6.07, 6.45) is 4.10. The maximum absolute atomic E-state index is 11.6. The Labute approximate surface area is 116 Å². The van der Waals surface area contributed by atoms with Crippen molar-refractivity contribution in [3.05, 3.63) is 47.0 Å². The van der Waals surface area contributed by atoms with Crippen LogP contribution < -0.4 is 10.6 Å². The second kappa shape index (κ2) is 6.24. The fraction of sp³-hybridized carbons (Fsp3) is 0.231. The van der Waals surface area contributed by atoms with Crippen molar-refractivity contribution in [3.8, 4) is 0 Å². The molecule has 1 heterocycles. The van der Waals surface area contributed by atoms with Gasteiger partial charge in [0.05, 0.1) is 0 Å². The van der Waals surface area contributed by atoms with Crippen molar-refractivity contribution in [1.29, 1.82) is 0 Å². The molecule has 0 spiro atoms. The number of nitrogens with zero attached hydrogens (tertiary/aromatic N) is 1. The predicted octanol–water partition coefficient (Wildman–Crippen LogP) is 2.74. The van der Waals surface area contributed by atoms with Gasteiger partial charge in [0.25, 0.3) is 0 Å². The highest BCUT2D eigenvalue weighted by Gasteiger charge is 2.03.